The normalized spacial score (nSPS) is 18.3. The van der Waals surface area contributed by atoms with Crippen molar-refractivity contribution in [3.8, 4) is 11.3 Å². The molecular formula is C20H21FN4O2S. The van der Waals surface area contributed by atoms with Gasteiger partial charge in [0.05, 0.1) is 12.0 Å². The molecule has 1 aromatic carbocycles. The van der Waals surface area contributed by atoms with Crippen molar-refractivity contribution in [2.45, 2.75) is 23.8 Å². The summed E-state index contributed by atoms with van der Waals surface area (Å²) in [6.07, 6.45) is 4.64. The van der Waals surface area contributed by atoms with Gasteiger partial charge in [0.25, 0.3) is 10.0 Å². The molecule has 0 saturated carbocycles. The molecule has 0 amide bonds. The number of nitrogens with zero attached hydrogens (tertiary/aromatic N) is 4. The van der Waals surface area contributed by atoms with Gasteiger partial charge in [0, 0.05) is 43.5 Å². The van der Waals surface area contributed by atoms with Crippen LogP contribution in [-0.2, 0) is 17.1 Å². The Hall–Kier alpha value is -2.58. The van der Waals surface area contributed by atoms with Gasteiger partial charge in [-0.25, -0.2) is 17.8 Å². The van der Waals surface area contributed by atoms with Gasteiger partial charge >= 0.3 is 0 Å². The lowest BCUT2D eigenvalue weighted by Gasteiger charge is -2.31. The van der Waals surface area contributed by atoms with E-state index in [1.54, 1.807) is 23.7 Å². The summed E-state index contributed by atoms with van der Waals surface area (Å²) in [5.41, 5.74) is 2.43. The smallest absolute Gasteiger partial charge is 0.262 e. The molecule has 3 aromatic rings. The molecule has 28 heavy (non-hydrogen) atoms. The van der Waals surface area contributed by atoms with Crippen LogP contribution in [0.15, 0.2) is 60.0 Å². The lowest BCUT2D eigenvalue weighted by atomic mass is 9.95. The van der Waals surface area contributed by atoms with Crippen molar-refractivity contribution >= 4 is 10.0 Å². The van der Waals surface area contributed by atoms with Gasteiger partial charge in [-0.3, -0.25) is 4.98 Å². The standard InChI is InChI=1S/C20H21FN4O2S/c1-24-13-20(22-14-24)28(26,27)25-11-3-4-16(12-25)19-6-2-5-18(23-19)15-7-9-17(21)10-8-15/h2,5-10,13-14,16H,3-4,11-12H2,1H3/t16-/m0/s1. The van der Waals surface area contributed by atoms with E-state index in [9.17, 15) is 12.8 Å². The van der Waals surface area contributed by atoms with Crippen molar-refractivity contribution in [2.75, 3.05) is 13.1 Å². The molecule has 6 nitrogen and oxygen atoms in total. The number of imidazole rings is 1. The number of benzene rings is 1. The van der Waals surface area contributed by atoms with Crippen LogP contribution in [0.3, 0.4) is 0 Å². The Morgan fingerprint density at radius 2 is 1.93 bits per heavy atom. The fraction of sp³-hybridized carbons (Fsp3) is 0.300. The van der Waals surface area contributed by atoms with Crippen LogP contribution in [0, 0.1) is 5.82 Å². The van der Waals surface area contributed by atoms with Gasteiger partial charge in [-0.15, -0.1) is 0 Å². The summed E-state index contributed by atoms with van der Waals surface area (Å²) >= 11 is 0. The van der Waals surface area contributed by atoms with E-state index in [4.69, 9.17) is 4.98 Å². The molecule has 3 heterocycles. The number of aromatic nitrogens is 3. The lowest BCUT2D eigenvalue weighted by molar-refractivity contribution is 0.312. The number of aryl methyl sites for hydroxylation is 1. The van der Waals surface area contributed by atoms with Crippen molar-refractivity contribution in [3.63, 3.8) is 0 Å². The monoisotopic (exact) mass is 400 g/mol. The minimum absolute atomic E-state index is 0.00707. The molecule has 1 aliphatic heterocycles. The predicted octanol–water partition coefficient (Wildman–Crippen LogP) is 3.19. The van der Waals surface area contributed by atoms with E-state index in [0.29, 0.717) is 13.1 Å². The van der Waals surface area contributed by atoms with Crippen LogP contribution in [0.25, 0.3) is 11.3 Å². The third-order valence-corrected chi connectivity index (χ3v) is 6.75. The van der Waals surface area contributed by atoms with E-state index in [0.717, 1.165) is 29.8 Å². The molecule has 8 heteroatoms. The van der Waals surface area contributed by atoms with Crippen molar-refractivity contribution in [2.24, 2.45) is 7.05 Å². The van der Waals surface area contributed by atoms with Crippen LogP contribution in [0.2, 0.25) is 0 Å². The second-order valence-electron chi connectivity index (χ2n) is 7.03. The molecule has 0 bridgehead atoms. The Kier molecular flexibility index (Phi) is 4.99. The highest BCUT2D eigenvalue weighted by Crippen LogP contribution is 2.30. The highest BCUT2D eigenvalue weighted by Gasteiger charge is 2.32. The van der Waals surface area contributed by atoms with E-state index in [1.165, 1.54) is 29.0 Å². The van der Waals surface area contributed by atoms with Crippen molar-refractivity contribution in [1.29, 1.82) is 0 Å². The third-order valence-electron chi connectivity index (χ3n) is 5.00. The maximum atomic E-state index is 13.2. The van der Waals surface area contributed by atoms with Gasteiger partial charge in [-0.2, -0.15) is 4.31 Å². The number of piperidine rings is 1. The van der Waals surface area contributed by atoms with Gasteiger partial charge in [-0.1, -0.05) is 6.07 Å². The second-order valence-corrected chi connectivity index (χ2v) is 8.92. The van der Waals surface area contributed by atoms with Crippen LogP contribution in [-0.4, -0.2) is 40.3 Å². The summed E-state index contributed by atoms with van der Waals surface area (Å²) in [4.78, 5) is 8.73. The first-order chi connectivity index (χ1) is 13.4. The van der Waals surface area contributed by atoms with Crippen LogP contribution in [0.5, 0.6) is 0 Å². The fourth-order valence-electron chi connectivity index (χ4n) is 3.52. The highest BCUT2D eigenvalue weighted by atomic mass is 32.2. The molecule has 2 aromatic heterocycles. The van der Waals surface area contributed by atoms with Gasteiger partial charge in [0.2, 0.25) is 0 Å². The fourth-order valence-corrected chi connectivity index (χ4v) is 5.01. The van der Waals surface area contributed by atoms with E-state index in [2.05, 4.69) is 4.98 Å². The molecule has 0 spiro atoms. The summed E-state index contributed by atoms with van der Waals surface area (Å²) in [5.74, 6) is -0.282. The number of hydrogen-bond acceptors (Lipinski definition) is 4. The molecule has 1 aliphatic rings. The Balaban J connectivity index is 1.58. The first-order valence-electron chi connectivity index (χ1n) is 9.14. The van der Waals surface area contributed by atoms with E-state index in [-0.39, 0.29) is 16.8 Å². The largest absolute Gasteiger partial charge is 0.339 e. The lowest BCUT2D eigenvalue weighted by Crippen LogP contribution is -2.39. The molecule has 1 saturated heterocycles. The summed E-state index contributed by atoms with van der Waals surface area (Å²) in [5, 5.41) is 0.0728. The number of pyridine rings is 1. The number of sulfonamides is 1. The van der Waals surface area contributed by atoms with Crippen molar-refractivity contribution in [3.05, 3.63) is 66.5 Å². The van der Waals surface area contributed by atoms with Gasteiger partial charge in [-0.05, 0) is 49.2 Å². The average molecular weight is 400 g/mol. The molecule has 0 radical (unpaired) electrons. The second kappa shape index (κ2) is 7.44. The summed E-state index contributed by atoms with van der Waals surface area (Å²) < 4.78 is 42.1. The van der Waals surface area contributed by atoms with Crippen LogP contribution >= 0.6 is 0 Å². The molecule has 146 valence electrons. The molecule has 1 fully saturated rings. The van der Waals surface area contributed by atoms with Crippen molar-refractivity contribution in [1.82, 2.24) is 18.8 Å². The van der Waals surface area contributed by atoms with Gasteiger partial charge in [0.15, 0.2) is 5.03 Å². The summed E-state index contributed by atoms with van der Waals surface area (Å²) in [6.45, 7) is 0.853. The predicted molar refractivity (Wildman–Crippen MR) is 104 cm³/mol. The van der Waals surface area contributed by atoms with Crippen LogP contribution < -0.4 is 0 Å². The third kappa shape index (κ3) is 3.70. The maximum absolute atomic E-state index is 13.2. The van der Waals surface area contributed by atoms with Crippen molar-refractivity contribution < 1.29 is 12.8 Å². The van der Waals surface area contributed by atoms with Crippen LogP contribution in [0.1, 0.15) is 24.5 Å². The number of halogens is 1. The van der Waals surface area contributed by atoms with E-state index >= 15 is 0 Å². The minimum Gasteiger partial charge on any atom is -0.339 e. The topological polar surface area (TPSA) is 68.1 Å². The Labute approximate surface area is 163 Å². The minimum atomic E-state index is -3.62. The molecule has 0 aliphatic carbocycles. The van der Waals surface area contributed by atoms with Gasteiger partial charge < -0.3 is 4.57 Å². The van der Waals surface area contributed by atoms with Gasteiger partial charge in [0.1, 0.15) is 5.82 Å². The molecule has 0 unspecified atom stereocenters. The zero-order valence-electron chi connectivity index (χ0n) is 15.5. The Morgan fingerprint density at radius 1 is 1.14 bits per heavy atom. The summed E-state index contributed by atoms with van der Waals surface area (Å²) in [7, 11) is -1.87. The zero-order chi connectivity index (χ0) is 19.7. The molecule has 1 atom stereocenters. The first kappa shape index (κ1) is 18.8. The molecular weight excluding hydrogens is 379 g/mol. The molecule has 0 N–H and O–H groups in total. The Morgan fingerprint density at radius 3 is 2.64 bits per heavy atom. The van der Waals surface area contributed by atoms with Crippen LogP contribution in [0.4, 0.5) is 4.39 Å². The molecule has 4 rings (SSSR count). The SMILES string of the molecule is Cn1cnc(S(=O)(=O)N2CCC[C@H](c3cccc(-c4ccc(F)cc4)n3)C2)c1. The summed E-state index contributed by atoms with van der Waals surface area (Å²) in [6, 6.07) is 11.9. The number of rotatable bonds is 4. The quantitative estimate of drug-likeness (QED) is 0.675. The average Bonchev–Trinajstić information content (AvgIpc) is 3.16. The highest BCUT2D eigenvalue weighted by molar-refractivity contribution is 7.89. The Bertz CT molecular complexity index is 1080. The number of hydrogen-bond donors (Lipinski definition) is 0. The van der Waals surface area contributed by atoms with E-state index in [1.807, 2.05) is 18.2 Å². The first-order valence-corrected chi connectivity index (χ1v) is 10.6. The maximum Gasteiger partial charge on any atom is 0.262 e. The zero-order valence-corrected chi connectivity index (χ0v) is 16.3. The van der Waals surface area contributed by atoms with E-state index < -0.39 is 10.0 Å².